The van der Waals surface area contributed by atoms with Crippen molar-refractivity contribution in [2.75, 3.05) is 24.6 Å². The average molecular weight is 256 g/mol. The second kappa shape index (κ2) is 4.97. The molecule has 0 unspecified atom stereocenters. The van der Waals surface area contributed by atoms with E-state index < -0.39 is 0 Å². The third-order valence-corrected chi connectivity index (χ3v) is 3.90. The van der Waals surface area contributed by atoms with E-state index >= 15 is 0 Å². The summed E-state index contributed by atoms with van der Waals surface area (Å²) >= 11 is 0. The van der Waals surface area contributed by atoms with E-state index in [2.05, 4.69) is 16.4 Å². The van der Waals surface area contributed by atoms with Crippen LogP contribution in [0.5, 0.6) is 0 Å². The van der Waals surface area contributed by atoms with Gasteiger partial charge in [-0.3, -0.25) is 0 Å². The molecule has 1 aromatic carbocycles. The molecule has 19 heavy (non-hydrogen) atoms. The van der Waals surface area contributed by atoms with Crippen molar-refractivity contribution in [1.29, 1.82) is 0 Å². The van der Waals surface area contributed by atoms with Gasteiger partial charge in [-0.15, -0.1) is 0 Å². The van der Waals surface area contributed by atoms with Crippen molar-refractivity contribution in [1.82, 2.24) is 10.3 Å². The lowest BCUT2D eigenvalue weighted by molar-refractivity contribution is 0.455. The highest BCUT2D eigenvalue weighted by Gasteiger charge is 2.19. The lowest BCUT2D eigenvalue weighted by atomic mass is 9.94. The topological polar surface area (TPSA) is 79.9 Å². The van der Waals surface area contributed by atoms with Crippen LogP contribution in [-0.2, 0) is 0 Å². The predicted molar refractivity (Wildman–Crippen MR) is 79.9 cm³/mol. The molecular weight excluding hydrogens is 236 g/mol. The van der Waals surface area contributed by atoms with Gasteiger partial charge in [-0.1, -0.05) is 18.2 Å². The number of para-hydroxylation sites is 1. The van der Waals surface area contributed by atoms with Crippen LogP contribution in [0, 0.1) is 0 Å². The summed E-state index contributed by atoms with van der Waals surface area (Å²) in [5.74, 6) is 1.29. The van der Waals surface area contributed by atoms with Gasteiger partial charge in [0, 0.05) is 28.4 Å². The zero-order valence-electron chi connectivity index (χ0n) is 10.9. The number of H-pyrrole nitrogens is 1. The zero-order chi connectivity index (χ0) is 13.2. The summed E-state index contributed by atoms with van der Waals surface area (Å²) in [6.07, 6.45) is 2.31. The molecule has 0 bridgehead atoms. The normalized spacial score (nSPS) is 16.6. The van der Waals surface area contributed by atoms with Crippen LogP contribution >= 0.6 is 0 Å². The van der Waals surface area contributed by atoms with Gasteiger partial charge in [-0.25, -0.2) is 0 Å². The summed E-state index contributed by atoms with van der Waals surface area (Å²) in [5, 5.41) is 3.38. The Kier molecular flexibility index (Phi) is 3.17. The Hall–Kier alpha value is -1.94. The number of nitrogens with one attached hydrogen (secondary N) is 2. The summed E-state index contributed by atoms with van der Waals surface area (Å²) in [7, 11) is 0. The van der Waals surface area contributed by atoms with E-state index in [1.54, 1.807) is 0 Å². The van der Waals surface area contributed by atoms with Gasteiger partial charge in [0.2, 0.25) is 0 Å². The largest absolute Gasteiger partial charge is 0.398 e. The number of nitrogens with two attached hydrogens (primary N) is 2. The van der Waals surface area contributed by atoms with Crippen molar-refractivity contribution in [2.24, 2.45) is 0 Å². The van der Waals surface area contributed by atoms with Gasteiger partial charge in [0.25, 0.3) is 0 Å². The van der Waals surface area contributed by atoms with Crippen LogP contribution in [0.4, 0.5) is 11.5 Å². The molecule has 1 aromatic heterocycles. The van der Waals surface area contributed by atoms with E-state index in [-0.39, 0.29) is 0 Å². The standard InChI is InChI=1S/C15H20N4/c16-13-4-2-1-3-11(13)12-9-14(19-15(12)17)10-5-7-18-8-6-10/h1-4,9-10,18-19H,5-8,16-17H2. The monoisotopic (exact) mass is 256 g/mol. The van der Waals surface area contributed by atoms with Crippen molar-refractivity contribution in [3.05, 3.63) is 36.0 Å². The first kappa shape index (κ1) is 12.1. The quantitative estimate of drug-likeness (QED) is 0.622. The van der Waals surface area contributed by atoms with Crippen LogP contribution in [0.15, 0.2) is 30.3 Å². The van der Waals surface area contributed by atoms with Gasteiger partial charge >= 0.3 is 0 Å². The number of nitrogen functional groups attached to an aromatic ring is 2. The highest BCUT2D eigenvalue weighted by molar-refractivity contribution is 5.83. The number of aromatic nitrogens is 1. The van der Waals surface area contributed by atoms with Crippen LogP contribution in [0.25, 0.3) is 11.1 Å². The van der Waals surface area contributed by atoms with E-state index in [0.717, 1.165) is 42.7 Å². The van der Waals surface area contributed by atoms with Crippen LogP contribution in [0.2, 0.25) is 0 Å². The fraction of sp³-hybridized carbons (Fsp3) is 0.333. The summed E-state index contributed by atoms with van der Waals surface area (Å²) in [6.45, 7) is 2.15. The van der Waals surface area contributed by atoms with E-state index in [4.69, 9.17) is 11.5 Å². The summed E-state index contributed by atoms with van der Waals surface area (Å²) in [4.78, 5) is 3.33. The van der Waals surface area contributed by atoms with Gasteiger partial charge in [0.05, 0.1) is 0 Å². The highest BCUT2D eigenvalue weighted by atomic mass is 14.9. The first-order valence-corrected chi connectivity index (χ1v) is 6.79. The summed E-state index contributed by atoms with van der Waals surface area (Å²) < 4.78 is 0. The van der Waals surface area contributed by atoms with Gasteiger partial charge < -0.3 is 21.8 Å². The minimum absolute atomic E-state index is 0.572. The average Bonchev–Trinajstić information content (AvgIpc) is 2.82. The summed E-state index contributed by atoms with van der Waals surface area (Å²) in [6, 6.07) is 10.0. The molecule has 0 atom stereocenters. The Morgan fingerprint density at radius 3 is 2.47 bits per heavy atom. The highest BCUT2D eigenvalue weighted by Crippen LogP contribution is 2.35. The lowest BCUT2D eigenvalue weighted by Gasteiger charge is -2.21. The minimum atomic E-state index is 0.572. The maximum absolute atomic E-state index is 6.12. The van der Waals surface area contributed by atoms with Gasteiger partial charge in [0.1, 0.15) is 5.82 Å². The Bertz CT molecular complexity index is 567. The van der Waals surface area contributed by atoms with E-state index in [9.17, 15) is 0 Å². The number of benzene rings is 1. The predicted octanol–water partition coefficient (Wildman–Crippen LogP) is 2.31. The molecule has 1 fully saturated rings. The Balaban J connectivity index is 1.95. The third kappa shape index (κ3) is 2.31. The number of aromatic amines is 1. The smallest absolute Gasteiger partial charge is 0.108 e. The maximum Gasteiger partial charge on any atom is 0.108 e. The fourth-order valence-electron chi connectivity index (χ4n) is 2.81. The number of hydrogen-bond acceptors (Lipinski definition) is 3. The number of anilines is 2. The second-order valence-electron chi connectivity index (χ2n) is 5.16. The van der Waals surface area contributed by atoms with Crippen molar-refractivity contribution in [3.63, 3.8) is 0 Å². The molecule has 4 nitrogen and oxygen atoms in total. The summed E-state index contributed by atoms with van der Waals surface area (Å²) in [5.41, 5.74) is 16.2. The first-order chi connectivity index (χ1) is 9.25. The second-order valence-corrected chi connectivity index (χ2v) is 5.16. The van der Waals surface area contributed by atoms with Crippen LogP contribution in [0.3, 0.4) is 0 Å². The molecule has 0 amide bonds. The van der Waals surface area contributed by atoms with Crippen LogP contribution in [0.1, 0.15) is 24.5 Å². The van der Waals surface area contributed by atoms with Gasteiger partial charge in [-0.05, 0) is 38.1 Å². The molecule has 0 radical (unpaired) electrons. The zero-order valence-corrected chi connectivity index (χ0v) is 10.9. The molecule has 0 saturated carbocycles. The van der Waals surface area contributed by atoms with Crippen LogP contribution < -0.4 is 16.8 Å². The van der Waals surface area contributed by atoms with E-state index in [0.29, 0.717) is 11.7 Å². The molecule has 100 valence electrons. The van der Waals surface area contributed by atoms with E-state index in [1.807, 2.05) is 24.3 Å². The molecule has 3 rings (SSSR count). The molecule has 2 heterocycles. The molecule has 1 aliphatic rings. The van der Waals surface area contributed by atoms with E-state index in [1.165, 1.54) is 5.69 Å². The molecule has 2 aromatic rings. The molecule has 6 N–H and O–H groups in total. The molecule has 0 aliphatic carbocycles. The molecule has 0 spiro atoms. The van der Waals surface area contributed by atoms with Crippen molar-refractivity contribution in [3.8, 4) is 11.1 Å². The molecule has 1 saturated heterocycles. The van der Waals surface area contributed by atoms with Crippen molar-refractivity contribution in [2.45, 2.75) is 18.8 Å². The van der Waals surface area contributed by atoms with Crippen molar-refractivity contribution < 1.29 is 0 Å². The van der Waals surface area contributed by atoms with Gasteiger partial charge in [0.15, 0.2) is 0 Å². The number of hydrogen-bond donors (Lipinski definition) is 4. The Morgan fingerprint density at radius 1 is 1.00 bits per heavy atom. The minimum Gasteiger partial charge on any atom is -0.398 e. The SMILES string of the molecule is Nc1ccccc1-c1cc(C2CCNCC2)[nH]c1N. The lowest BCUT2D eigenvalue weighted by Crippen LogP contribution is -2.26. The molecule has 4 heteroatoms. The Morgan fingerprint density at radius 2 is 1.74 bits per heavy atom. The number of rotatable bonds is 2. The third-order valence-electron chi connectivity index (χ3n) is 3.90. The fourth-order valence-corrected chi connectivity index (χ4v) is 2.81. The van der Waals surface area contributed by atoms with Crippen molar-refractivity contribution >= 4 is 11.5 Å². The van der Waals surface area contributed by atoms with Gasteiger partial charge in [-0.2, -0.15) is 0 Å². The maximum atomic E-state index is 6.12. The molecule has 1 aliphatic heterocycles. The molecular formula is C15H20N4. The Labute approximate surface area is 113 Å². The number of piperidine rings is 1. The first-order valence-electron chi connectivity index (χ1n) is 6.79. The van der Waals surface area contributed by atoms with Crippen LogP contribution in [-0.4, -0.2) is 18.1 Å².